The molecule has 0 bridgehead atoms. The number of hydrogen-bond donors (Lipinski definition) is 2. The predicted octanol–water partition coefficient (Wildman–Crippen LogP) is 3.26. The van der Waals surface area contributed by atoms with Crippen LogP contribution in [0.3, 0.4) is 0 Å². The maximum atomic E-state index is 12.2. The van der Waals surface area contributed by atoms with Gasteiger partial charge in [0.1, 0.15) is 0 Å². The summed E-state index contributed by atoms with van der Waals surface area (Å²) in [4.78, 5) is 0. The highest BCUT2D eigenvalue weighted by Crippen LogP contribution is 2.28. The van der Waals surface area contributed by atoms with Gasteiger partial charge in [-0.2, -0.15) is 0 Å². The molecule has 0 aliphatic rings. The molecule has 0 saturated heterocycles. The maximum Gasteiger partial charge on any atom is 0.0976 e. The van der Waals surface area contributed by atoms with Gasteiger partial charge in [-0.1, -0.05) is 6.07 Å². The molecule has 0 amide bonds. The molecule has 3 nitrogen and oxygen atoms in total. The Morgan fingerprint density at radius 3 is 2.70 bits per heavy atom. The van der Waals surface area contributed by atoms with Gasteiger partial charge in [0.15, 0.2) is 0 Å². The summed E-state index contributed by atoms with van der Waals surface area (Å²) >= 11 is 1.75. The van der Waals surface area contributed by atoms with Gasteiger partial charge in [0, 0.05) is 11.2 Å². The molecule has 0 spiro atoms. The van der Waals surface area contributed by atoms with Crippen molar-refractivity contribution in [1.29, 1.82) is 0 Å². The van der Waals surface area contributed by atoms with E-state index in [-0.39, 0.29) is 10.8 Å². The fourth-order valence-corrected chi connectivity index (χ4v) is 3.72. The lowest BCUT2D eigenvalue weighted by atomic mass is 10.0. The van der Waals surface area contributed by atoms with E-state index in [0.717, 1.165) is 5.56 Å². The van der Waals surface area contributed by atoms with Gasteiger partial charge in [0.25, 0.3) is 0 Å². The average Bonchev–Trinajstić information content (AvgIpc) is 2.76. The standard InChI is InChI=1S/C15H22N2OS2/c1-10-9-19-14-6-5-11(7-12(10)14)13(8-16)17-20(18)15(2,3)4/h5-7,9,13,17H,8,16H2,1-4H3/t13-,20?/m1/s1. The Morgan fingerprint density at radius 2 is 2.10 bits per heavy atom. The molecule has 2 rings (SSSR count). The summed E-state index contributed by atoms with van der Waals surface area (Å²) in [6.45, 7) is 8.40. The summed E-state index contributed by atoms with van der Waals surface area (Å²) < 4.78 is 16.4. The Hall–Kier alpha value is -0.750. The molecule has 1 unspecified atom stereocenters. The maximum absolute atomic E-state index is 12.2. The van der Waals surface area contributed by atoms with Crippen LogP contribution in [0.15, 0.2) is 23.6 Å². The highest BCUT2D eigenvalue weighted by Gasteiger charge is 2.23. The van der Waals surface area contributed by atoms with Gasteiger partial charge in [-0.25, -0.2) is 8.93 Å². The number of nitrogens with two attached hydrogens (primary N) is 1. The molecule has 0 radical (unpaired) electrons. The molecule has 20 heavy (non-hydrogen) atoms. The van der Waals surface area contributed by atoms with E-state index >= 15 is 0 Å². The van der Waals surface area contributed by atoms with E-state index in [9.17, 15) is 4.21 Å². The second-order valence-corrected chi connectivity index (χ2v) is 8.87. The molecule has 1 aromatic heterocycles. The molecular weight excluding hydrogens is 288 g/mol. The average molecular weight is 310 g/mol. The van der Waals surface area contributed by atoms with Crippen molar-refractivity contribution in [2.24, 2.45) is 5.73 Å². The van der Waals surface area contributed by atoms with Crippen LogP contribution in [0, 0.1) is 6.92 Å². The smallest absolute Gasteiger partial charge is 0.0976 e. The quantitative estimate of drug-likeness (QED) is 0.910. The van der Waals surface area contributed by atoms with Crippen LogP contribution in [0.5, 0.6) is 0 Å². The van der Waals surface area contributed by atoms with Crippen LogP contribution in [-0.2, 0) is 11.0 Å². The first-order chi connectivity index (χ1) is 9.32. The third kappa shape index (κ3) is 3.28. The van der Waals surface area contributed by atoms with Gasteiger partial charge in [-0.3, -0.25) is 0 Å². The van der Waals surface area contributed by atoms with E-state index in [1.807, 2.05) is 20.8 Å². The predicted molar refractivity (Wildman–Crippen MR) is 89.4 cm³/mol. The summed E-state index contributed by atoms with van der Waals surface area (Å²) in [6, 6.07) is 6.26. The van der Waals surface area contributed by atoms with Gasteiger partial charge < -0.3 is 5.73 Å². The highest BCUT2D eigenvalue weighted by molar-refractivity contribution is 7.84. The molecule has 110 valence electrons. The molecule has 1 heterocycles. The van der Waals surface area contributed by atoms with Crippen molar-refractivity contribution in [2.75, 3.05) is 6.54 Å². The SMILES string of the molecule is Cc1csc2ccc([C@@H](CN)NS(=O)C(C)(C)C)cc12. The number of thiophene rings is 1. The lowest BCUT2D eigenvalue weighted by Gasteiger charge is -2.23. The van der Waals surface area contributed by atoms with Gasteiger partial charge in [0.2, 0.25) is 0 Å². The number of fused-ring (bicyclic) bond motifs is 1. The minimum absolute atomic E-state index is 0.0845. The monoisotopic (exact) mass is 310 g/mol. The number of rotatable bonds is 4. The third-order valence-electron chi connectivity index (χ3n) is 3.23. The number of nitrogens with one attached hydrogen (secondary N) is 1. The van der Waals surface area contributed by atoms with E-state index in [4.69, 9.17) is 5.73 Å². The minimum atomic E-state index is -1.12. The Bertz CT molecular complexity index is 628. The van der Waals surface area contributed by atoms with E-state index in [2.05, 4.69) is 35.2 Å². The van der Waals surface area contributed by atoms with Crippen molar-refractivity contribution in [3.05, 3.63) is 34.7 Å². The summed E-state index contributed by atoms with van der Waals surface area (Å²) in [7, 11) is -1.12. The fraction of sp³-hybridized carbons (Fsp3) is 0.467. The molecule has 3 N–H and O–H groups in total. The first kappa shape index (κ1) is 15.6. The lowest BCUT2D eigenvalue weighted by Crippen LogP contribution is -2.38. The van der Waals surface area contributed by atoms with Crippen molar-refractivity contribution in [3.63, 3.8) is 0 Å². The molecule has 1 aromatic carbocycles. The van der Waals surface area contributed by atoms with Crippen LogP contribution in [0.4, 0.5) is 0 Å². The highest BCUT2D eigenvalue weighted by atomic mass is 32.2. The van der Waals surface area contributed by atoms with E-state index in [1.54, 1.807) is 11.3 Å². The molecule has 5 heteroatoms. The molecule has 0 aliphatic heterocycles. The van der Waals surface area contributed by atoms with Crippen LogP contribution in [0.25, 0.3) is 10.1 Å². The Labute approximate surface area is 127 Å². The Kier molecular flexibility index (Phi) is 4.64. The van der Waals surface area contributed by atoms with Crippen molar-refractivity contribution in [1.82, 2.24) is 4.72 Å². The van der Waals surface area contributed by atoms with Crippen LogP contribution in [-0.4, -0.2) is 15.5 Å². The second-order valence-electron chi connectivity index (χ2n) is 5.96. The number of hydrogen-bond acceptors (Lipinski definition) is 3. The molecule has 0 aliphatic carbocycles. The molecule has 2 aromatic rings. The fourth-order valence-electron chi connectivity index (χ4n) is 1.95. The number of aryl methyl sites for hydroxylation is 1. The largest absolute Gasteiger partial charge is 0.329 e. The van der Waals surface area contributed by atoms with E-state index in [0.29, 0.717) is 6.54 Å². The van der Waals surface area contributed by atoms with Crippen LogP contribution in [0.1, 0.15) is 37.9 Å². The van der Waals surface area contributed by atoms with Crippen LogP contribution >= 0.6 is 11.3 Å². The van der Waals surface area contributed by atoms with Crippen molar-refractivity contribution in [2.45, 2.75) is 38.5 Å². The summed E-state index contributed by atoms with van der Waals surface area (Å²) in [6.07, 6.45) is 0. The first-order valence-corrected chi connectivity index (χ1v) is 8.71. The van der Waals surface area contributed by atoms with E-state index < -0.39 is 11.0 Å². The zero-order valence-electron chi connectivity index (χ0n) is 12.4. The summed E-state index contributed by atoms with van der Waals surface area (Å²) in [5.41, 5.74) is 8.23. The number of benzene rings is 1. The van der Waals surface area contributed by atoms with Gasteiger partial charge in [-0.15, -0.1) is 11.3 Å². The van der Waals surface area contributed by atoms with Gasteiger partial charge >= 0.3 is 0 Å². The second kappa shape index (κ2) is 5.93. The normalized spacial score (nSPS) is 15.4. The van der Waals surface area contributed by atoms with Crippen LogP contribution < -0.4 is 10.5 Å². The minimum Gasteiger partial charge on any atom is -0.329 e. The van der Waals surface area contributed by atoms with Crippen molar-refractivity contribution >= 4 is 32.4 Å². The molecular formula is C15H22N2OS2. The van der Waals surface area contributed by atoms with Gasteiger partial charge in [-0.05, 0) is 61.7 Å². The van der Waals surface area contributed by atoms with Crippen molar-refractivity contribution in [3.8, 4) is 0 Å². The third-order valence-corrected chi connectivity index (χ3v) is 5.93. The van der Waals surface area contributed by atoms with Crippen molar-refractivity contribution < 1.29 is 4.21 Å². The molecule has 2 atom stereocenters. The lowest BCUT2D eigenvalue weighted by molar-refractivity contribution is 0.602. The molecule has 0 fully saturated rings. The summed E-state index contributed by atoms with van der Waals surface area (Å²) in [5, 5.41) is 3.42. The van der Waals surface area contributed by atoms with Crippen LogP contribution in [0.2, 0.25) is 0 Å². The zero-order chi connectivity index (χ0) is 14.9. The summed E-state index contributed by atoms with van der Waals surface area (Å²) in [5.74, 6) is 0. The van der Waals surface area contributed by atoms with E-state index in [1.165, 1.54) is 15.6 Å². The topological polar surface area (TPSA) is 55.1 Å². The zero-order valence-corrected chi connectivity index (χ0v) is 14.0. The molecule has 0 saturated carbocycles. The first-order valence-electron chi connectivity index (χ1n) is 6.69. The van der Waals surface area contributed by atoms with Gasteiger partial charge in [0.05, 0.1) is 21.8 Å². The Balaban J connectivity index is 2.29. The Morgan fingerprint density at radius 1 is 1.40 bits per heavy atom.